The van der Waals surface area contributed by atoms with Crippen molar-refractivity contribution in [2.45, 2.75) is 6.92 Å². The number of nitrogens with zero attached hydrogens (tertiary/aromatic N) is 2. The highest BCUT2D eigenvalue weighted by atomic mass is 16.5. The van der Waals surface area contributed by atoms with Crippen LogP contribution in [0.15, 0.2) is 60.9 Å². The predicted octanol–water partition coefficient (Wildman–Crippen LogP) is 3.77. The number of nitrogens with one attached hydrogen (secondary N) is 1. The molecule has 0 saturated carbocycles. The van der Waals surface area contributed by atoms with Gasteiger partial charge in [-0.25, -0.2) is 0 Å². The molecule has 3 aromatic rings. The van der Waals surface area contributed by atoms with Crippen LogP contribution in [0.25, 0.3) is 0 Å². The van der Waals surface area contributed by atoms with Gasteiger partial charge in [-0.05, 0) is 36.8 Å². The largest absolute Gasteiger partial charge is 0.455 e. The quantitative estimate of drug-likeness (QED) is 0.798. The van der Waals surface area contributed by atoms with Gasteiger partial charge in [0.05, 0.1) is 17.4 Å². The van der Waals surface area contributed by atoms with Gasteiger partial charge in [0.25, 0.3) is 5.91 Å². The number of carbonyl (C=O) groups is 1. The van der Waals surface area contributed by atoms with Crippen LogP contribution in [0.1, 0.15) is 15.9 Å². The van der Waals surface area contributed by atoms with Crippen LogP contribution in [0.3, 0.4) is 0 Å². The molecular formula is C18H17N3O2. The average Bonchev–Trinajstić information content (AvgIpc) is 2.96. The molecule has 0 unspecified atom stereocenters. The summed E-state index contributed by atoms with van der Waals surface area (Å²) in [6.45, 7) is 2.00. The Morgan fingerprint density at radius 1 is 1.17 bits per heavy atom. The molecule has 0 atom stereocenters. The van der Waals surface area contributed by atoms with E-state index >= 15 is 0 Å². The van der Waals surface area contributed by atoms with Crippen molar-refractivity contribution >= 4 is 11.6 Å². The summed E-state index contributed by atoms with van der Waals surface area (Å²) < 4.78 is 7.48. The van der Waals surface area contributed by atoms with E-state index in [-0.39, 0.29) is 5.91 Å². The summed E-state index contributed by atoms with van der Waals surface area (Å²) in [5.74, 6) is 1.10. The number of aryl methyl sites for hydroxylation is 2. The van der Waals surface area contributed by atoms with E-state index in [1.54, 1.807) is 24.0 Å². The average molecular weight is 307 g/mol. The summed E-state index contributed by atoms with van der Waals surface area (Å²) in [6, 6.07) is 15.1. The highest BCUT2D eigenvalue weighted by molar-refractivity contribution is 6.04. The molecule has 1 N–H and O–H groups in total. The molecule has 0 spiro atoms. The number of hydrogen-bond acceptors (Lipinski definition) is 3. The van der Waals surface area contributed by atoms with Crippen LogP contribution in [0.4, 0.5) is 5.69 Å². The maximum Gasteiger partial charge on any atom is 0.258 e. The number of hydrogen-bond donors (Lipinski definition) is 1. The van der Waals surface area contributed by atoms with Gasteiger partial charge in [-0.3, -0.25) is 9.48 Å². The molecular weight excluding hydrogens is 290 g/mol. The second-order valence-corrected chi connectivity index (χ2v) is 5.27. The highest BCUT2D eigenvalue weighted by Crippen LogP contribution is 2.29. The number of ether oxygens (including phenoxy) is 1. The topological polar surface area (TPSA) is 56.1 Å². The Balaban J connectivity index is 1.82. The second kappa shape index (κ2) is 6.36. The molecule has 3 rings (SSSR count). The lowest BCUT2D eigenvalue weighted by atomic mass is 10.2. The first-order valence-electron chi connectivity index (χ1n) is 7.25. The zero-order chi connectivity index (χ0) is 16.2. The number of rotatable bonds is 4. The van der Waals surface area contributed by atoms with Crippen molar-refractivity contribution < 1.29 is 9.53 Å². The summed E-state index contributed by atoms with van der Waals surface area (Å²) in [7, 11) is 1.77. The van der Waals surface area contributed by atoms with Crippen LogP contribution in [0, 0.1) is 6.92 Å². The van der Waals surface area contributed by atoms with Crippen molar-refractivity contribution in [3.8, 4) is 11.5 Å². The maximum absolute atomic E-state index is 12.3. The molecule has 0 aliphatic carbocycles. The fourth-order valence-electron chi connectivity index (χ4n) is 2.20. The summed E-state index contributed by atoms with van der Waals surface area (Å²) >= 11 is 0. The Kier molecular flexibility index (Phi) is 4.10. The van der Waals surface area contributed by atoms with Crippen LogP contribution in [0.2, 0.25) is 0 Å². The second-order valence-electron chi connectivity index (χ2n) is 5.27. The minimum atomic E-state index is -0.224. The lowest BCUT2D eigenvalue weighted by molar-refractivity contribution is 0.102. The Morgan fingerprint density at radius 3 is 2.74 bits per heavy atom. The molecule has 5 heteroatoms. The molecule has 0 fully saturated rings. The highest BCUT2D eigenvalue weighted by Gasteiger charge is 2.11. The number of benzene rings is 2. The van der Waals surface area contributed by atoms with Gasteiger partial charge in [-0.15, -0.1) is 0 Å². The zero-order valence-electron chi connectivity index (χ0n) is 13.0. The van der Waals surface area contributed by atoms with Gasteiger partial charge in [0, 0.05) is 13.2 Å². The van der Waals surface area contributed by atoms with E-state index in [1.165, 1.54) is 6.20 Å². The Labute approximate surface area is 134 Å². The molecule has 0 bridgehead atoms. The fraction of sp³-hybridized carbons (Fsp3) is 0.111. The maximum atomic E-state index is 12.3. The number of carbonyl (C=O) groups excluding carboxylic acids is 1. The third kappa shape index (κ3) is 3.58. The third-order valence-corrected chi connectivity index (χ3v) is 3.32. The molecule has 0 saturated heterocycles. The lowest BCUT2D eigenvalue weighted by Gasteiger charge is -2.12. The van der Waals surface area contributed by atoms with Crippen LogP contribution in [-0.4, -0.2) is 15.7 Å². The van der Waals surface area contributed by atoms with E-state index in [9.17, 15) is 4.79 Å². The van der Waals surface area contributed by atoms with Gasteiger partial charge < -0.3 is 10.1 Å². The number of anilines is 1. The predicted molar refractivity (Wildman–Crippen MR) is 88.9 cm³/mol. The van der Waals surface area contributed by atoms with E-state index in [1.807, 2.05) is 49.4 Å². The Morgan fingerprint density at radius 2 is 2.00 bits per heavy atom. The van der Waals surface area contributed by atoms with Crippen molar-refractivity contribution in [1.82, 2.24) is 9.78 Å². The Bertz CT molecular complexity index is 840. The zero-order valence-corrected chi connectivity index (χ0v) is 13.0. The van der Waals surface area contributed by atoms with E-state index in [4.69, 9.17) is 4.74 Å². The number of para-hydroxylation sites is 2. The fourth-order valence-corrected chi connectivity index (χ4v) is 2.20. The number of aromatic nitrogens is 2. The van der Waals surface area contributed by atoms with Crippen molar-refractivity contribution in [3.05, 3.63) is 72.1 Å². The SMILES string of the molecule is Cc1cccc(Oc2ccccc2NC(=O)c2cnn(C)c2)c1. The van der Waals surface area contributed by atoms with E-state index < -0.39 is 0 Å². The first kappa shape index (κ1) is 14.8. The van der Waals surface area contributed by atoms with Crippen LogP contribution >= 0.6 is 0 Å². The standard InChI is InChI=1S/C18H17N3O2/c1-13-6-5-7-15(10-13)23-17-9-4-3-8-16(17)20-18(22)14-11-19-21(2)12-14/h3-12H,1-2H3,(H,20,22). The minimum absolute atomic E-state index is 0.224. The smallest absolute Gasteiger partial charge is 0.258 e. The molecule has 2 aromatic carbocycles. The summed E-state index contributed by atoms with van der Waals surface area (Å²) in [5, 5.41) is 6.86. The molecule has 5 nitrogen and oxygen atoms in total. The summed E-state index contributed by atoms with van der Waals surface area (Å²) in [6.07, 6.45) is 3.19. The normalized spacial score (nSPS) is 10.3. The van der Waals surface area contributed by atoms with Gasteiger partial charge in [-0.2, -0.15) is 5.10 Å². The molecule has 0 radical (unpaired) electrons. The van der Waals surface area contributed by atoms with E-state index in [0.29, 0.717) is 17.0 Å². The van der Waals surface area contributed by atoms with Gasteiger partial charge in [-0.1, -0.05) is 24.3 Å². The van der Waals surface area contributed by atoms with Crippen LogP contribution in [-0.2, 0) is 7.05 Å². The molecule has 1 aromatic heterocycles. The molecule has 0 aliphatic heterocycles. The first-order valence-corrected chi connectivity index (χ1v) is 7.25. The van der Waals surface area contributed by atoms with Crippen molar-refractivity contribution in [2.24, 2.45) is 7.05 Å². The monoisotopic (exact) mass is 307 g/mol. The third-order valence-electron chi connectivity index (χ3n) is 3.32. The summed E-state index contributed by atoms with van der Waals surface area (Å²) in [4.78, 5) is 12.3. The van der Waals surface area contributed by atoms with Crippen molar-refractivity contribution in [3.63, 3.8) is 0 Å². The molecule has 23 heavy (non-hydrogen) atoms. The van der Waals surface area contributed by atoms with Crippen molar-refractivity contribution in [2.75, 3.05) is 5.32 Å². The van der Waals surface area contributed by atoms with Crippen LogP contribution in [0.5, 0.6) is 11.5 Å². The Hall–Kier alpha value is -3.08. The van der Waals surface area contributed by atoms with Crippen LogP contribution < -0.4 is 10.1 Å². The van der Waals surface area contributed by atoms with Gasteiger partial charge >= 0.3 is 0 Å². The van der Waals surface area contributed by atoms with Gasteiger partial charge in [0.1, 0.15) is 5.75 Å². The van der Waals surface area contributed by atoms with E-state index in [2.05, 4.69) is 10.4 Å². The van der Waals surface area contributed by atoms with Gasteiger partial charge in [0.15, 0.2) is 5.75 Å². The molecule has 116 valence electrons. The van der Waals surface area contributed by atoms with Gasteiger partial charge in [0.2, 0.25) is 0 Å². The first-order chi connectivity index (χ1) is 11.1. The minimum Gasteiger partial charge on any atom is -0.455 e. The number of amides is 1. The van der Waals surface area contributed by atoms with Crippen molar-refractivity contribution in [1.29, 1.82) is 0 Å². The van der Waals surface area contributed by atoms with E-state index in [0.717, 1.165) is 11.3 Å². The molecule has 1 amide bonds. The lowest BCUT2D eigenvalue weighted by Crippen LogP contribution is -2.11. The molecule has 1 heterocycles. The molecule has 0 aliphatic rings. The summed E-state index contributed by atoms with van der Waals surface area (Å²) in [5.41, 5.74) is 2.22.